The number of nitrogens with zero attached hydrogens (tertiary/aromatic N) is 2. The molecule has 2 heterocycles. The van der Waals surface area contributed by atoms with Crippen LogP contribution in [0.25, 0.3) is 0 Å². The molecule has 2 aromatic rings. The maximum Gasteiger partial charge on any atom is 0.263 e. The van der Waals surface area contributed by atoms with Crippen molar-refractivity contribution in [1.29, 1.82) is 0 Å². The number of anilines is 1. The first-order valence-corrected chi connectivity index (χ1v) is 10.9. The molecular formula is C25H33N3O3. The molecule has 166 valence electrons. The van der Waals surface area contributed by atoms with Gasteiger partial charge in [-0.3, -0.25) is 9.59 Å². The third kappa shape index (κ3) is 6.06. The first kappa shape index (κ1) is 22.8. The number of hydrogen-bond donors (Lipinski definition) is 1. The molecule has 6 nitrogen and oxygen atoms in total. The molecule has 6 heteroatoms. The van der Waals surface area contributed by atoms with Crippen molar-refractivity contribution in [2.75, 3.05) is 18.4 Å². The largest absolute Gasteiger partial charge is 0.481 e. The third-order valence-corrected chi connectivity index (χ3v) is 5.70. The summed E-state index contributed by atoms with van der Waals surface area (Å²) in [6.07, 6.45) is 2.43. The zero-order valence-electron chi connectivity index (χ0n) is 19.1. The molecule has 1 fully saturated rings. The molecule has 1 aliphatic rings. The number of hydrogen-bond acceptors (Lipinski definition) is 4. The molecule has 31 heavy (non-hydrogen) atoms. The molecule has 0 saturated carbocycles. The van der Waals surface area contributed by atoms with Gasteiger partial charge in [-0.1, -0.05) is 39.0 Å². The van der Waals surface area contributed by atoms with E-state index in [0.717, 1.165) is 5.56 Å². The minimum absolute atomic E-state index is 0.0170. The number of benzene rings is 1. The van der Waals surface area contributed by atoms with Gasteiger partial charge in [0, 0.05) is 25.2 Å². The molecule has 1 aliphatic heterocycles. The Kier molecular flexibility index (Phi) is 6.98. The topological polar surface area (TPSA) is 71.5 Å². The number of carbonyl (C=O) groups excluding carboxylic acids is 2. The lowest BCUT2D eigenvalue weighted by Gasteiger charge is -2.33. The summed E-state index contributed by atoms with van der Waals surface area (Å²) in [7, 11) is 0. The second kappa shape index (κ2) is 9.50. The van der Waals surface area contributed by atoms with E-state index in [1.54, 1.807) is 24.1 Å². The highest BCUT2D eigenvalue weighted by atomic mass is 16.5. The number of nitrogens with one attached hydrogen (secondary N) is 1. The number of aromatic nitrogens is 1. The van der Waals surface area contributed by atoms with Crippen molar-refractivity contribution in [3.8, 4) is 5.75 Å². The first-order valence-electron chi connectivity index (χ1n) is 10.9. The minimum atomic E-state index is -0.572. The van der Waals surface area contributed by atoms with Crippen molar-refractivity contribution in [2.45, 2.75) is 59.0 Å². The Hall–Kier alpha value is -2.89. The van der Waals surface area contributed by atoms with E-state index in [2.05, 4.69) is 37.1 Å². The Morgan fingerprint density at radius 2 is 1.87 bits per heavy atom. The summed E-state index contributed by atoms with van der Waals surface area (Å²) < 4.78 is 5.95. The van der Waals surface area contributed by atoms with E-state index < -0.39 is 6.10 Å². The Bertz CT molecular complexity index is 910. The Morgan fingerprint density at radius 1 is 1.16 bits per heavy atom. The van der Waals surface area contributed by atoms with Gasteiger partial charge in [0.05, 0.1) is 0 Å². The van der Waals surface area contributed by atoms with Crippen molar-refractivity contribution in [3.05, 3.63) is 53.7 Å². The van der Waals surface area contributed by atoms with Crippen molar-refractivity contribution in [1.82, 2.24) is 9.88 Å². The number of ether oxygens (including phenoxy) is 1. The molecule has 1 N–H and O–H groups in total. The van der Waals surface area contributed by atoms with Gasteiger partial charge in [0.25, 0.3) is 5.91 Å². The van der Waals surface area contributed by atoms with Gasteiger partial charge < -0.3 is 15.0 Å². The van der Waals surface area contributed by atoms with E-state index >= 15 is 0 Å². The average Bonchev–Trinajstić information content (AvgIpc) is 2.74. The van der Waals surface area contributed by atoms with Gasteiger partial charge in [0.1, 0.15) is 11.6 Å². The second-order valence-corrected chi connectivity index (χ2v) is 9.35. The van der Waals surface area contributed by atoms with Crippen LogP contribution in [0.15, 0.2) is 42.6 Å². The summed E-state index contributed by atoms with van der Waals surface area (Å²) in [5, 5.41) is 2.88. The van der Waals surface area contributed by atoms with Gasteiger partial charge >= 0.3 is 0 Å². The highest BCUT2D eigenvalue weighted by Gasteiger charge is 2.30. The van der Waals surface area contributed by atoms with Crippen molar-refractivity contribution < 1.29 is 14.3 Å². The number of piperidine rings is 1. The monoisotopic (exact) mass is 423 g/mol. The van der Waals surface area contributed by atoms with Gasteiger partial charge in [-0.25, -0.2) is 4.98 Å². The molecule has 3 rings (SSSR count). The normalized spacial score (nSPS) is 16.0. The van der Waals surface area contributed by atoms with Gasteiger partial charge in [-0.15, -0.1) is 0 Å². The number of likely N-dealkylation sites (tertiary alicyclic amines) is 1. The van der Waals surface area contributed by atoms with E-state index in [9.17, 15) is 9.59 Å². The highest BCUT2D eigenvalue weighted by molar-refractivity contribution is 5.92. The third-order valence-electron chi connectivity index (χ3n) is 5.70. The standard InChI is InChI=1S/C25H33N3O3/c1-17-9-10-22(26-16-17)27-23(29)19-11-13-28(14-12-19)24(30)18(2)31-21-8-6-7-20(15-21)25(3,4)5/h6-10,15-16,18-19H,11-14H2,1-5H3,(H,26,27,29). The van der Waals surface area contributed by atoms with Crippen molar-refractivity contribution >= 4 is 17.6 Å². The fourth-order valence-electron chi connectivity index (χ4n) is 3.68. The van der Waals surface area contributed by atoms with Crippen molar-refractivity contribution in [3.63, 3.8) is 0 Å². The maximum atomic E-state index is 12.9. The Morgan fingerprint density at radius 3 is 2.48 bits per heavy atom. The van der Waals surface area contributed by atoms with Crippen LogP contribution >= 0.6 is 0 Å². The van der Waals surface area contributed by atoms with E-state index in [4.69, 9.17) is 4.74 Å². The summed E-state index contributed by atoms with van der Waals surface area (Å²) in [6.45, 7) is 11.3. The lowest BCUT2D eigenvalue weighted by Crippen LogP contribution is -2.46. The molecule has 1 atom stereocenters. The van der Waals surface area contributed by atoms with E-state index in [1.165, 1.54) is 5.56 Å². The zero-order valence-corrected chi connectivity index (χ0v) is 19.1. The van der Waals surface area contributed by atoms with Gasteiger partial charge in [-0.2, -0.15) is 0 Å². The predicted molar refractivity (Wildman–Crippen MR) is 122 cm³/mol. The average molecular weight is 424 g/mol. The minimum Gasteiger partial charge on any atom is -0.481 e. The van der Waals surface area contributed by atoms with Crippen LogP contribution in [0.3, 0.4) is 0 Å². The second-order valence-electron chi connectivity index (χ2n) is 9.35. The fraction of sp³-hybridized carbons (Fsp3) is 0.480. The number of amides is 2. The van der Waals surface area contributed by atoms with E-state index in [-0.39, 0.29) is 23.1 Å². The van der Waals surface area contributed by atoms with Crippen LogP contribution in [-0.2, 0) is 15.0 Å². The SMILES string of the molecule is Cc1ccc(NC(=O)C2CCN(C(=O)C(C)Oc3cccc(C(C)(C)C)c3)CC2)nc1. The molecule has 2 amide bonds. The summed E-state index contributed by atoms with van der Waals surface area (Å²) in [5.41, 5.74) is 2.23. The molecule has 1 saturated heterocycles. The highest BCUT2D eigenvalue weighted by Crippen LogP contribution is 2.26. The summed E-state index contributed by atoms with van der Waals surface area (Å²) in [6, 6.07) is 11.6. The lowest BCUT2D eigenvalue weighted by molar-refractivity contribution is -0.140. The van der Waals surface area contributed by atoms with E-state index in [0.29, 0.717) is 37.5 Å². The Balaban J connectivity index is 1.51. The molecule has 1 aromatic carbocycles. The molecular weight excluding hydrogens is 390 g/mol. The van der Waals surface area contributed by atoms with Crippen LogP contribution in [0.4, 0.5) is 5.82 Å². The number of carbonyl (C=O) groups is 2. The van der Waals surface area contributed by atoms with Crippen LogP contribution in [0.1, 0.15) is 51.7 Å². The first-order chi connectivity index (χ1) is 14.6. The molecule has 0 spiro atoms. The summed E-state index contributed by atoms with van der Waals surface area (Å²) >= 11 is 0. The molecule has 0 bridgehead atoms. The number of aryl methyl sites for hydroxylation is 1. The smallest absolute Gasteiger partial charge is 0.263 e. The molecule has 1 aromatic heterocycles. The molecule has 0 aliphatic carbocycles. The van der Waals surface area contributed by atoms with Crippen LogP contribution in [0.5, 0.6) is 5.75 Å². The van der Waals surface area contributed by atoms with Crippen LogP contribution in [-0.4, -0.2) is 40.9 Å². The van der Waals surface area contributed by atoms with Gasteiger partial charge in [0.15, 0.2) is 6.10 Å². The summed E-state index contributed by atoms with van der Waals surface area (Å²) in [4.78, 5) is 31.4. The van der Waals surface area contributed by atoms with E-state index in [1.807, 2.05) is 31.2 Å². The molecule has 1 unspecified atom stereocenters. The summed E-state index contributed by atoms with van der Waals surface area (Å²) in [5.74, 6) is 1.07. The number of pyridine rings is 1. The predicted octanol–water partition coefficient (Wildman–Crippen LogP) is 4.33. The lowest BCUT2D eigenvalue weighted by atomic mass is 9.87. The quantitative estimate of drug-likeness (QED) is 0.777. The van der Waals surface area contributed by atoms with Crippen LogP contribution in [0.2, 0.25) is 0 Å². The molecule has 0 radical (unpaired) electrons. The maximum absolute atomic E-state index is 12.9. The van der Waals surface area contributed by atoms with Gasteiger partial charge in [-0.05, 0) is 61.4 Å². The number of rotatable bonds is 5. The Labute approximate surface area is 185 Å². The van der Waals surface area contributed by atoms with Crippen molar-refractivity contribution in [2.24, 2.45) is 5.92 Å². The van der Waals surface area contributed by atoms with Crippen LogP contribution in [0, 0.1) is 12.8 Å². The van der Waals surface area contributed by atoms with Crippen LogP contribution < -0.4 is 10.1 Å². The fourth-order valence-corrected chi connectivity index (χ4v) is 3.68. The van der Waals surface area contributed by atoms with Gasteiger partial charge in [0.2, 0.25) is 5.91 Å². The zero-order chi connectivity index (χ0) is 22.6.